The molecule has 1 spiro atoms. The second-order valence-corrected chi connectivity index (χ2v) is 13.3. The van der Waals surface area contributed by atoms with Crippen molar-refractivity contribution in [2.24, 2.45) is 5.92 Å². The van der Waals surface area contributed by atoms with Gasteiger partial charge in [0.2, 0.25) is 11.8 Å². The molecule has 0 radical (unpaired) electrons. The number of halogens is 2. The summed E-state index contributed by atoms with van der Waals surface area (Å²) < 4.78 is 0. The fraction of sp³-hybridized carbons (Fsp3) is 0.297. The van der Waals surface area contributed by atoms with Crippen LogP contribution in [-0.4, -0.2) is 41.0 Å². The van der Waals surface area contributed by atoms with Crippen molar-refractivity contribution in [2.75, 3.05) is 12.4 Å². The molecule has 0 aliphatic carbocycles. The van der Waals surface area contributed by atoms with Gasteiger partial charge in [-0.25, -0.2) is 0 Å². The predicted molar refractivity (Wildman–Crippen MR) is 179 cm³/mol. The van der Waals surface area contributed by atoms with E-state index in [0.29, 0.717) is 27.7 Å². The van der Waals surface area contributed by atoms with E-state index in [1.165, 1.54) is 0 Å². The SMILES string of the molecule is CNC(=O)[C@H]1[C@H](c2cccc(Cl)c2)[C@@]2(C(=O)Nc3cc(Cl)ccc32)[C@@H](CC(C)C)N1[C@H](c1ccccc1)[C@@H](O)c1ccccc1. The lowest BCUT2D eigenvalue weighted by Gasteiger charge is -2.42. The van der Waals surface area contributed by atoms with E-state index in [4.69, 9.17) is 23.2 Å². The number of anilines is 1. The van der Waals surface area contributed by atoms with Gasteiger partial charge in [0.05, 0.1) is 18.2 Å². The van der Waals surface area contributed by atoms with Crippen LogP contribution in [0.15, 0.2) is 103 Å². The van der Waals surface area contributed by atoms with Crippen LogP contribution in [0.4, 0.5) is 5.69 Å². The molecule has 4 aromatic carbocycles. The summed E-state index contributed by atoms with van der Waals surface area (Å²) in [5.41, 5.74) is 2.53. The van der Waals surface area contributed by atoms with Crippen LogP contribution >= 0.6 is 23.2 Å². The number of amides is 2. The average molecular weight is 643 g/mol. The number of hydrogen-bond acceptors (Lipinski definition) is 4. The number of rotatable bonds is 8. The van der Waals surface area contributed by atoms with Crippen molar-refractivity contribution < 1.29 is 14.7 Å². The first-order valence-corrected chi connectivity index (χ1v) is 16.1. The Bertz CT molecular complexity index is 1700. The molecule has 6 rings (SSSR count). The predicted octanol–water partition coefficient (Wildman–Crippen LogP) is 7.29. The summed E-state index contributed by atoms with van der Waals surface area (Å²) in [7, 11) is 1.62. The number of carbonyl (C=O) groups is 2. The molecule has 6 atom stereocenters. The molecule has 3 N–H and O–H groups in total. The van der Waals surface area contributed by atoms with Gasteiger partial charge in [-0.15, -0.1) is 0 Å². The van der Waals surface area contributed by atoms with Crippen molar-refractivity contribution >= 4 is 40.7 Å². The molecule has 0 saturated carbocycles. The van der Waals surface area contributed by atoms with E-state index in [9.17, 15) is 14.7 Å². The van der Waals surface area contributed by atoms with E-state index in [1.54, 1.807) is 25.2 Å². The molecule has 1 saturated heterocycles. The standard InChI is InChI=1S/C37H37Cl2N3O3/c1-22(2)19-30-37(28-18-17-27(39)21-29(28)41-36(37)45)31(25-15-10-16-26(38)20-25)33(35(44)40-3)42(30)32(23-11-6-4-7-12-23)34(43)24-13-8-5-9-14-24/h4-18,20-22,30-34,43H,19H2,1-3H3,(H,40,44)(H,41,45)/t30-,31+,32-,33-,34+,37+/m1/s1. The van der Waals surface area contributed by atoms with Crippen molar-refractivity contribution in [3.05, 3.63) is 135 Å². The Hall–Kier alpha value is -3.68. The molecule has 232 valence electrons. The van der Waals surface area contributed by atoms with Crippen molar-refractivity contribution in [3.63, 3.8) is 0 Å². The Kier molecular flexibility index (Phi) is 8.77. The number of aliphatic hydroxyl groups is 1. The monoisotopic (exact) mass is 641 g/mol. The van der Waals surface area contributed by atoms with Gasteiger partial charge in [0.25, 0.3) is 0 Å². The number of nitrogens with zero attached hydrogens (tertiary/aromatic N) is 1. The van der Waals surface area contributed by atoms with Gasteiger partial charge >= 0.3 is 0 Å². The highest BCUT2D eigenvalue weighted by molar-refractivity contribution is 6.31. The van der Waals surface area contributed by atoms with E-state index in [0.717, 1.165) is 16.7 Å². The third kappa shape index (κ3) is 5.34. The highest BCUT2D eigenvalue weighted by atomic mass is 35.5. The van der Waals surface area contributed by atoms with Gasteiger partial charge in [-0.05, 0) is 58.9 Å². The largest absolute Gasteiger partial charge is 0.386 e. The van der Waals surface area contributed by atoms with Crippen LogP contribution in [0.2, 0.25) is 10.0 Å². The number of hydrogen-bond donors (Lipinski definition) is 3. The quantitative estimate of drug-likeness (QED) is 0.189. The Morgan fingerprint density at radius 2 is 1.56 bits per heavy atom. The fourth-order valence-electron chi connectivity index (χ4n) is 7.73. The number of likely N-dealkylation sites (N-methyl/N-ethyl adjacent to an activating group) is 1. The summed E-state index contributed by atoms with van der Waals surface area (Å²) in [5, 5.41) is 19.4. The first-order chi connectivity index (χ1) is 21.7. The summed E-state index contributed by atoms with van der Waals surface area (Å²) in [4.78, 5) is 31.4. The van der Waals surface area contributed by atoms with Crippen LogP contribution in [-0.2, 0) is 15.0 Å². The van der Waals surface area contributed by atoms with Gasteiger partial charge in [0.15, 0.2) is 0 Å². The zero-order valence-corrected chi connectivity index (χ0v) is 27.0. The molecule has 0 unspecified atom stereocenters. The Balaban J connectivity index is 1.71. The molecule has 0 aromatic heterocycles. The minimum atomic E-state index is -1.21. The van der Waals surface area contributed by atoms with Crippen molar-refractivity contribution in [1.82, 2.24) is 10.2 Å². The molecule has 8 heteroatoms. The second kappa shape index (κ2) is 12.6. The van der Waals surface area contributed by atoms with E-state index in [2.05, 4.69) is 29.4 Å². The minimum Gasteiger partial charge on any atom is -0.386 e. The van der Waals surface area contributed by atoms with Gasteiger partial charge in [0.1, 0.15) is 5.41 Å². The summed E-state index contributed by atoms with van der Waals surface area (Å²) in [5.74, 6) is -0.960. The number of benzene rings is 4. The highest BCUT2D eigenvalue weighted by Crippen LogP contribution is 2.62. The molecule has 2 aliphatic rings. The van der Waals surface area contributed by atoms with Gasteiger partial charge in [-0.3, -0.25) is 14.5 Å². The molecule has 2 aliphatic heterocycles. The molecule has 45 heavy (non-hydrogen) atoms. The maximum Gasteiger partial charge on any atom is 0.237 e. The van der Waals surface area contributed by atoms with E-state index in [-0.39, 0.29) is 17.7 Å². The summed E-state index contributed by atoms with van der Waals surface area (Å²) >= 11 is 13.1. The summed E-state index contributed by atoms with van der Waals surface area (Å²) in [6.07, 6.45) is -0.440. The molecule has 1 fully saturated rings. The zero-order chi connectivity index (χ0) is 31.9. The van der Waals surface area contributed by atoms with Crippen LogP contribution in [0.3, 0.4) is 0 Å². The van der Waals surface area contributed by atoms with Crippen LogP contribution in [0.25, 0.3) is 0 Å². The smallest absolute Gasteiger partial charge is 0.237 e. The molecule has 2 heterocycles. The topological polar surface area (TPSA) is 81.7 Å². The number of likely N-dealkylation sites (tertiary alicyclic amines) is 1. The number of carbonyl (C=O) groups excluding carboxylic acids is 2. The first-order valence-electron chi connectivity index (χ1n) is 15.3. The third-order valence-electron chi connectivity index (χ3n) is 9.38. The lowest BCUT2D eigenvalue weighted by Crippen LogP contribution is -2.52. The Morgan fingerprint density at radius 3 is 2.18 bits per heavy atom. The van der Waals surface area contributed by atoms with Gasteiger partial charge in [-0.2, -0.15) is 0 Å². The van der Waals surface area contributed by atoms with E-state index < -0.39 is 35.6 Å². The highest BCUT2D eigenvalue weighted by Gasteiger charge is 2.69. The second-order valence-electron chi connectivity index (χ2n) is 12.4. The van der Waals surface area contributed by atoms with Gasteiger partial charge in [0, 0.05) is 34.7 Å². The van der Waals surface area contributed by atoms with Crippen molar-refractivity contribution in [3.8, 4) is 0 Å². The normalized spacial score (nSPS) is 24.0. The first kappa shape index (κ1) is 31.3. The lowest BCUT2D eigenvalue weighted by molar-refractivity contribution is -0.128. The molecule has 4 aromatic rings. The zero-order valence-electron chi connectivity index (χ0n) is 25.5. The summed E-state index contributed by atoms with van der Waals surface area (Å²) in [6, 6.07) is 30.2. The van der Waals surface area contributed by atoms with Crippen LogP contribution in [0.1, 0.15) is 60.6 Å². The number of nitrogens with one attached hydrogen (secondary N) is 2. The van der Waals surface area contributed by atoms with Crippen LogP contribution < -0.4 is 10.6 Å². The molecule has 0 bridgehead atoms. The maximum atomic E-state index is 14.8. The van der Waals surface area contributed by atoms with E-state index in [1.807, 2.05) is 84.9 Å². The molecule has 2 amide bonds. The van der Waals surface area contributed by atoms with Gasteiger partial charge in [-0.1, -0.05) is 116 Å². The molecular weight excluding hydrogens is 605 g/mol. The minimum absolute atomic E-state index is 0.146. The van der Waals surface area contributed by atoms with E-state index >= 15 is 0 Å². The molecular formula is C37H37Cl2N3O3. The third-order valence-corrected chi connectivity index (χ3v) is 9.85. The Morgan fingerprint density at radius 1 is 0.911 bits per heavy atom. The van der Waals surface area contributed by atoms with Crippen molar-refractivity contribution in [1.29, 1.82) is 0 Å². The molecule has 6 nitrogen and oxygen atoms in total. The number of aliphatic hydroxyl groups excluding tert-OH is 1. The number of fused-ring (bicyclic) bond motifs is 2. The fourth-order valence-corrected chi connectivity index (χ4v) is 8.10. The van der Waals surface area contributed by atoms with Gasteiger partial charge < -0.3 is 15.7 Å². The Labute approximate surface area is 274 Å². The van der Waals surface area contributed by atoms with Crippen LogP contribution in [0.5, 0.6) is 0 Å². The summed E-state index contributed by atoms with van der Waals surface area (Å²) in [6.45, 7) is 4.24. The average Bonchev–Trinajstić information content (AvgIpc) is 3.48. The maximum absolute atomic E-state index is 14.8. The van der Waals surface area contributed by atoms with Crippen LogP contribution in [0, 0.1) is 5.92 Å². The lowest BCUT2D eigenvalue weighted by atomic mass is 9.63. The van der Waals surface area contributed by atoms with Crippen molar-refractivity contribution in [2.45, 2.75) is 55.8 Å².